The van der Waals surface area contributed by atoms with E-state index in [4.69, 9.17) is 4.42 Å². The van der Waals surface area contributed by atoms with E-state index in [9.17, 15) is 0 Å². The van der Waals surface area contributed by atoms with Gasteiger partial charge in [-0.05, 0) is 104 Å². The molecular formula is C48H30BNO. The van der Waals surface area contributed by atoms with Crippen molar-refractivity contribution in [3.63, 3.8) is 0 Å². The number of hydrogen-bond acceptors (Lipinski definition) is 2. The maximum atomic E-state index is 6.22. The van der Waals surface area contributed by atoms with Gasteiger partial charge in [-0.15, -0.1) is 0 Å². The molecule has 236 valence electrons. The molecule has 0 N–H and O–H groups in total. The lowest BCUT2D eigenvalue weighted by molar-refractivity contribution is 0.669. The van der Waals surface area contributed by atoms with E-state index in [1.807, 2.05) is 12.1 Å². The lowest BCUT2D eigenvalue weighted by Gasteiger charge is -2.36. The predicted octanol–water partition coefficient (Wildman–Crippen LogP) is 10.9. The fourth-order valence-corrected chi connectivity index (χ4v) is 8.54. The van der Waals surface area contributed by atoms with Crippen molar-refractivity contribution in [2.24, 2.45) is 0 Å². The number of furan rings is 1. The highest BCUT2D eigenvalue weighted by atomic mass is 16.3. The largest absolute Gasteiger partial charge is 0.456 e. The molecule has 0 amide bonds. The van der Waals surface area contributed by atoms with Crippen LogP contribution in [0.4, 0.5) is 17.1 Å². The van der Waals surface area contributed by atoms with Crippen molar-refractivity contribution in [3.05, 3.63) is 182 Å². The smallest absolute Gasteiger partial charge is 0.248 e. The molecule has 2 aliphatic heterocycles. The zero-order valence-electron chi connectivity index (χ0n) is 27.8. The minimum Gasteiger partial charge on any atom is -0.456 e. The molecule has 2 aliphatic rings. The van der Waals surface area contributed by atoms with Crippen LogP contribution < -0.4 is 21.3 Å². The maximum absolute atomic E-state index is 6.22. The summed E-state index contributed by atoms with van der Waals surface area (Å²) in [6, 6.07) is 66.3. The van der Waals surface area contributed by atoms with Gasteiger partial charge in [-0.25, -0.2) is 0 Å². The first-order chi connectivity index (χ1) is 25.3. The molecule has 11 rings (SSSR count). The summed E-state index contributed by atoms with van der Waals surface area (Å²) in [6.07, 6.45) is 0. The molecule has 2 nitrogen and oxygen atoms in total. The first-order valence-electron chi connectivity index (χ1n) is 17.6. The Morgan fingerprint density at radius 2 is 1.00 bits per heavy atom. The molecule has 3 heterocycles. The summed E-state index contributed by atoms with van der Waals surface area (Å²) >= 11 is 0. The van der Waals surface area contributed by atoms with E-state index < -0.39 is 0 Å². The van der Waals surface area contributed by atoms with E-state index in [1.54, 1.807) is 0 Å². The van der Waals surface area contributed by atoms with E-state index in [2.05, 4.69) is 175 Å². The van der Waals surface area contributed by atoms with Gasteiger partial charge in [0, 0.05) is 27.8 Å². The van der Waals surface area contributed by atoms with Crippen LogP contribution in [0.5, 0.6) is 0 Å². The number of rotatable bonds is 4. The van der Waals surface area contributed by atoms with Crippen LogP contribution in [0.2, 0.25) is 0 Å². The van der Waals surface area contributed by atoms with Crippen molar-refractivity contribution in [2.75, 3.05) is 4.90 Å². The van der Waals surface area contributed by atoms with E-state index in [-0.39, 0.29) is 6.71 Å². The fraction of sp³-hybridized carbons (Fsp3) is 0. The van der Waals surface area contributed by atoms with E-state index in [1.165, 1.54) is 72.3 Å². The molecule has 8 aromatic carbocycles. The lowest BCUT2D eigenvalue weighted by Crippen LogP contribution is -2.54. The molecule has 3 heteroatoms. The van der Waals surface area contributed by atoms with E-state index in [0.29, 0.717) is 0 Å². The van der Waals surface area contributed by atoms with Crippen LogP contribution in [-0.2, 0) is 0 Å². The molecule has 0 aliphatic carbocycles. The Hall–Kier alpha value is -6.58. The predicted molar refractivity (Wildman–Crippen MR) is 215 cm³/mol. The van der Waals surface area contributed by atoms with Crippen molar-refractivity contribution >= 4 is 62.1 Å². The summed E-state index contributed by atoms with van der Waals surface area (Å²) in [5.41, 5.74) is 19.4. The van der Waals surface area contributed by atoms with Gasteiger partial charge in [0.1, 0.15) is 11.2 Å². The van der Waals surface area contributed by atoms with Crippen LogP contribution in [0.15, 0.2) is 186 Å². The molecule has 1 aromatic heterocycles. The summed E-state index contributed by atoms with van der Waals surface area (Å²) in [6.45, 7) is 0.138. The van der Waals surface area contributed by atoms with Gasteiger partial charge in [-0.2, -0.15) is 0 Å². The second kappa shape index (κ2) is 11.0. The molecule has 0 atom stereocenters. The van der Waals surface area contributed by atoms with Gasteiger partial charge in [0.05, 0.1) is 0 Å². The Morgan fingerprint density at radius 1 is 0.373 bits per heavy atom. The topological polar surface area (TPSA) is 16.4 Å². The van der Waals surface area contributed by atoms with E-state index in [0.717, 1.165) is 27.6 Å². The van der Waals surface area contributed by atoms with Crippen molar-refractivity contribution in [2.45, 2.75) is 0 Å². The SMILES string of the molecule is c1ccc(-c2ccc(N3c4ccc(-c5ccccc5)cc4B4c5ccccc5-c5cc(-c6ccc7oc8ccccc8c7c6)cc3c54)cc2)cc1. The third-order valence-corrected chi connectivity index (χ3v) is 10.9. The number of hydrogen-bond donors (Lipinski definition) is 0. The molecule has 0 radical (unpaired) electrons. The maximum Gasteiger partial charge on any atom is 0.248 e. The Labute approximate surface area is 297 Å². The Kier molecular flexibility index (Phi) is 6.08. The van der Waals surface area contributed by atoms with Crippen molar-refractivity contribution < 1.29 is 4.42 Å². The average Bonchev–Trinajstić information content (AvgIpc) is 3.75. The third kappa shape index (κ3) is 4.31. The number of benzene rings is 8. The van der Waals surface area contributed by atoms with Gasteiger partial charge in [-0.1, -0.05) is 139 Å². The second-order valence-corrected chi connectivity index (χ2v) is 13.7. The summed E-state index contributed by atoms with van der Waals surface area (Å²) in [5.74, 6) is 0. The number of anilines is 3. The van der Waals surface area contributed by atoms with Crippen LogP contribution in [0.3, 0.4) is 0 Å². The Bertz CT molecular complexity index is 2800. The highest BCUT2D eigenvalue weighted by Gasteiger charge is 2.42. The van der Waals surface area contributed by atoms with Crippen molar-refractivity contribution in [1.29, 1.82) is 0 Å². The van der Waals surface area contributed by atoms with Gasteiger partial charge in [0.25, 0.3) is 0 Å². The van der Waals surface area contributed by atoms with Crippen LogP contribution in [0.1, 0.15) is 0 Å². The summed E-state index contributed by atoms with van der Waals surface area (Å²) in [7, 11) is 0. The number of para-hydroxylation sites is 1. The molecule has 0 saturated carbocycles. The van der Waals surface area contributed by atoms with Crippen LogP contribution in [-0.4, -0.2) is 6.71 Å². The highest BCUT2D eigenvalue weighted by molar-refractivity contribution is 7.01. The molecule has 0 unspecified atom stereocenters. The summed E-state index contributed by atoms with van der Waals surface area (Å²) in [5, 5.41) is 2.29. The average molecular weight is 648 g/mol. The van der Waals surface area contributed by atoms with Crippen LogP contribution in [0, 0.1) is 0 Å². The summed E-state index contributed by atoms with van der Waals surface area (Å²) < 4.78 is 6.22. The number of nitrogens with zero attached hydrogens (tertiary/aromatic N) is 1. The first kappa shape index (κ1) is 28.3. The second-order valence-electron chi connectivity index (χ2n) is 13.7. The number of fused-ring (bicyclic) bond motifs is 8. The molecule has 9 aromatic rings. The highest BCUT2D eigenvalue weighted by Crippen LogP contribution is 2.44. The minimum absolute atomic E-state index is 0.138. The molecular weight excluding hydrogens is 617 g/mol. The molecule has 51 heavy (non-hydrogen) atoms. The lowest BCUT2D eigenvalue weighted by atomic mass is 9.37. The van der Waals surface area contributed by atoms with Crippen molar-refractivity contribution in [1.82, 2.24) is 0 Å². The minimum atomic E-state index is 0.138. The monoisotopic (exact) mass is 647 g/mol. The van der Waals surface area contributed by atoms with Gasteiger partial charge in [0.2, 0.25) is 6.71 Å². The van der Waals surface area contributed by atoms with Crippen LogP contribution >= 0.6 is 0 Å². The molecule has 0 spiro atoms. The molecule has 0 fully saturated rings. The van der Waals surface area contributed by atoms with Gasteiger partial charge < -0.3 is 9.32 Å². The van der Waals surface area contributed by atoms with E-state index >= 15 is 0 Å². The zero-order valence-corrected chi connectivity index (χ0v) is 27.8. The van der Waals surface area contributed by atoms with Crippen LogP contribution in [0.25, 0.3) is 66.4 Å². The van der Waals surface area contributed by atoms with Gasteiger partial charge >= 0.3 is 0 Å². The standard InChI is InChI=1S/C48H30BNO/c1-3-11-31(12-4-1)33-19-23-37(24-20-33)50-44-25-21-35(32-13-5-2-6-14-32)29-43(44)49-42-17-9-7-15-38(42)41-28-36(30-45(50)48(41)49)34-22-26-47-40(27-34)39-16-8-10-18-46(39)51-47/h1-30H. The Balaban J connectivity index is 1.16. The van der Waals surface area contributed by atoms with Gasteiger partial charge in [-0.3, -0.25) is 0 Å². The molecule has 0 bridgehead atoms. The normalized spacial score (nSPS) is 12.6. The molecule has 0 saturated heterocycles. The third-order valence-electron chi connectivity index (χ3n) is 10.9. The Morgan fingerprint density at radius 3 is 1.82 bits per heavy atom. The summed E-state index contributed by atoms with van der Waals surface area (Å²) in [4.78, 5) is 2.50. The van der Waals surface area contributed by atoms with Gasteiger partial charge in [0.15, 0.2) is 0 Å². The first-order valence-corrected chi connectivity index (χ1v) is 17.6. The quantitative estimate of drug-likeness (QED) is 0.177. The zero-order chi connectivity index (χ0) is 33.5. The van der Waals surface area contributed by atoms with Crippen molar-refractivity contribution in [3.8, 4) is 44.5 Å². The fourth-order valence-electron chi connectivity index (χ4n) is 8.54.